The Kier molecular flexibility index (Phi) is 6.77. The number of aromatic nitrogens is 1. The minimum Gasteiger partial charge on any atom is -0.478 e. The second-order valence-electron chi connectivity index (χ2n) is 8.81. The first-order valence-corrected chi connectivity index (χ1v) is 12.5. The molecule has 2 N–H and O–H groups in total. The maximum atomic E-state index is 14.0. The number of halogens is 3. The molecule has 2 aromatic heterocycles. The molecule has 1 aliphatic heterocycles. The minimum atomic E-state index is -0.732. The van der Waals surface area contributed by atoms with E-state index in [1.54, 1.807) is 19.4 Å². The van der Waals surface area contributed by atoms with E-state index in [1.165, 1.54) is 18.6 Å². The van der Waals surface area contributed by atoms with Crippen LogP contribution in [0.3, 0.4) is 0 Å². The van der Waals surface area contributed by atoms with Gasteiger partial charge in [-0.15, -0.1) is 0 Å². The van der Waals surface area contributed by atoms with Crippen molar-refractivity contribution in [2.24, 2.45) is 0 Å². The molecule has 0 aliphatic carbocycles. The Morgan fingerprint density at radius 3 is 2.58 bits per heavy atom. The van der Waals surface area contributed by atoms with Crippen molar-refractivity contribution in [2.75, 3.05) is 18.8 Å². The average molecular weight is 528 g/mol. The number of amides is 1. The molecular weight excluding hydrogens is 504 g/mol. The molecule has 1 saturated heterocycles. The fourth-order valence-corrected chi connectivity index (χ4v) is 5.22. The smallest absolute Gasteiger partial charge is 0.253 e. The molecule has 9 heteroatoms. The van der Waals surface area contributed by atoms with Crippen LogP contribution in [0.1, 0.15) is 48.2 Å². The largest absolute Gasteiger partial charge is 0.478 e. The summed E-state index contributed by atoms with van der Waals surface area (Å²) >= 11 is 12.4. The van der Waals surface area contributed by atoms with Crippen molar-refractivity contribution < 1.29 is 18.3 Å². The highest BCUT2D eigenvalue weighted by atomic mass is 35.5. The van der Waals surface area contributed by atoms with Crippen molar-refractivity contribution in [3.05, 3.63) is 75.8 Å². The molecule has 6 nitrogen and oxygen atoms in total. The van der Waals surface area contributed by atoms with Crippen LogP contribution in [-0.4, -0.2) is 28.9 Å². The van der Waals surface area contributed by atoms with Gasteiger partial charge in [0, 0.05) is 41.0 Å². The fourth-order valence-electron chi connectivity index (χ4n) is 4.54. The van der Waals surface area contributed by atoms with Crippen molar-refractivity contribution in [1.29, 1.82) is 0 Å². The van der Waals surface area contributed by atoms with Gasteiger partial charge in [-0.3, -0.25) is 4.79 Å². The normalized spacial score (nSPS) is 14.7. The van der Waals surface area contributed by atoms with Gasteiger partial charge in [0.15, 0.2) is 11.4 Å². The molecule has 0 bridgehead atoms. The first-order chi connectivity index (χ1) is 17.3. The Bertz CT molecular complexity index is 1430. The van der Waals surface area contributed by atoms with Crippen LogP contribution in [0.2, 0.25) is 10.0 Å². The van der Waals surface area contributed by atoms with E-state index in [0.717, 1.165) is 37.1 Å². The topological polar surface area (TPSA) is 81.6 Å². The molecule has 0 spiro atoms. The molecule has 2 aromatic carbocycles. The van der Waals surface area contributed by atoms with Crippen LogP contribution in [0.15, 0.2) is 53.3 Å². The molecule has 1 amide bonds. The molecule has 1 atom stereocenters. The number of furan rings is 1. The van der Waals surface area contributed by atoms with Crippen LogP contribution in [0.4, 0.5) is 10.2 Å². The number of pyridine rings is 1. The third-order valence-electron chi connectivity index (χ3n) is 6.47. The summed E-state index contributed by atoms with van der Waals surface area (Å²) in [6, 6.07) is 10.0. The van der Waals surface area contributed by atoms with Crippen LogP contribution >= 0.6 is 23.2 Å². The lowest BCUT2D eigenvalue weighted by Gasteiger charge is -2.26. The zero-order chi connectivity index (χ0) is 25.4. The van der Waals surface area contributed by atoms with Gasteiger partial charge in [-0.25, -0.2) is 9.37 Å². The van der Waals surface area contributed by atoms with Crippen LogP contribution in [0, 0.1) is 5.82 Å². The van der Waals surface area contributed by atoms with E-state index in [-0.39, 0.29) is 27.5 Å². The first kappa shape index (κ1) is 24.4. The van der Waals surface area contributed by atoms with Crippen molar-refractivity contribution in [1.82, 2.24) is 9.88 Å². The third kappa shape index (κ3) is 4.49. The second-order valence-corrected chi connectivity index (χ2v) is 9.60. The zero-order valence-corrected chi connectivity index (χ0v) is 21.1. The van der Waals surface area contributed by atoms with E-state index in [4.69, 9.17) is 38.1 Å². The van der Waals surface area contributed by atoms with E-state index in [0.29, 0.717) is 22.1 Å². The van der Waals surface area contributed by atoms with Gasteiger partial charge < -0.3 is 19.8 Å². The van der Waals surface area contributed by atoms with Gasteiger partial charge in [0.25, 0.3) is 5.91 Å². The molecule has 1 aliphatic rings. The monoisotopic (exact) mass is 527 g/mol. The molecule has 4 aromatic rings. The third-order valence-corrected chi connectivity index (χ3v) is 7.18. The molecule has 186 valence electrons. The molecule has 1 fully saturated rings. The standard InChI is InChI=1S/C27H24Cl2FN3O3/c1-15(22-20(28)9-10-21(30)23(22)29)36-25-24-18(13-32-26(25)31)19(14-35-24)16-5-7-17(8-6-16)27(34)33-11-3-2-4-12-33/h5-10,13-15H,2-4,11-12H2,1H3,(H2,31,32)/t15-/m1/s1. The van der Waals surface area contributed by atoms with Gasteiger partial charge in [0.1, 0.15) is 11.9 Å². The van der Waals surface area contributed by atoms with Gasteiger partial charge in [-0.05, 0) is 56.0 Å². The lowest BCUT2D eigenvalue weighted by molar-refractivity contribution is 0.0724. The highest BCUT2D eigenvalue weighted by molar-refractivity contribution is 6.36. The lowest BCUT2D eigenvalue weighted by Crippen LogP contribution is -2.35. The minimum absolute atomic E-state index is 0.0482. The van der Waals surface area contributed by atoms with Crippen LogP contribution in [0.5, 0.6) is 5.75 Å². The number of piperidine rings is 1. The van der Waals surface area contributed by atoms with E-state index in [1.807, 2.05) is 29.2 Å². The predicted octanol–water partition coefficient (Wildman–Crippen LogP) is 7.29. The highest BCUT2D eigenvalue weighted by Gasteiger charge is 2.24. The van der Waals surface area contributed by atoms with Crippen molar-refractivity contribution in [3.8, 4) is 16.9 Å². The highest BCUT2D eigenvalue weighted by Crippen LogP contribution is 2.41. The number of nitrogen functional groups attached to an aromatic ring is 1. The fraction of sp³-hybridized carbons (Fsp3) is 0.259. The summed E-state index contributed by atoms with van der Waals surface area (Å²) in [5.74, 6) is -0.230. The quantitative estimate of drug-likeness (QED) is 0.275. The Balaban J connectivity index is 1.45. The maximum absolute atomic E-state index is 14.0. The SMILES string of the molecule is C[C@@H](Oc1c(N)ncc2c(-c3ccc(C(=O)N4CCCCC4)cc3)coc12)c1c(Cl)ccc(F)c1Cl. The number of hydrogen-bond donors (Lipinski definition) is 1. The Morgan fingerprint density at radius 2 is 1.86 bits per heavy atom. The Labute approximate surface area is 217 Å². The van der Waals surface area contributed by atoms with Crippen molar-refractivity contribution in [3.63, 3.8) is 0 Å². The number of nitrogens with zero attached hydrogens (tertiary/aromatic N) is 2. The number of anilines is 1. The van der Waals surface area contributed by atoms with Gasteiger partial charge in [-0.1, -0.05) is 35.3 Å². The molecule has 5 rings (SSSR count). The summed E-state index contributed by atoms with van der Waals surface area (Å²) in [5.41, 5.74) is 9.08. The van der Waals surface area contributed by atoms with Crippen LogP contribution in [0.25, 0.3) is 22.1 Å². The molecule has 0 unspecified atom stereocenters. The first-order valence-electron chi connectivity index (χ1n) is 11.7. The van der Waals surface area contributed by atoms with Gasteiger partial charge >= 0.3 is 0 Å². The van der Waals surface area contributed by atoms with Gasteiger partial charge in [0.05, 0.1) is 16.7 Å². The van der Waals surface area contributed by atoms with Crippen molar-refractivity contribution >= 4 is 45.9 Å². The number of carbonyl (C=O) groups is 1. The number of benzene rings is 2. The van der Waals surface area contributed by atoms with E-state index >= 15 is 0 Å². The summed E-state index contributed by atoms with van der Waals surface area (Å²) in [7, 11) is 0. The second kappa shape index (κ2) is 9.99. The summed E-state index contributed by atoms with van der Waals surface area (Å²) in [4.78, 5) is 19.0. The van der Waals surface area contributed by atoms with Gasteiger partial charge in [0.2, 0.25) is 5.75 Å². The number of rotatable bonds is 5. The molecular formula is C27H24Cl2FN3O3. The number of ether oxygens (including phenoxy) is 1. The summed E-state index contributed by atoms with van der Waals surface area (Å²) < 4.78 is 26.0. The molecule has 36 heavy (non-hydrogen) atoms. The Morgan fingerprint density at radius 1 is 1.14 bits per heavy atom. The van der Waals surface area contributed by atoms with Crippen LogP contribution < -0.4 is 10.5 Å². The maximum Gasteiger partial charge on any atom is 0.253 e. The average Bonchev–Trinajstić information content (AvgIpc) is 3.33. The predicted molar refractivity (Wildman–Crippen MR) is 139 cm³/mol. The summed E-state index contributed by atoms with van der Waals surface area (Å²) in [6.45, 7) is 3.29. The summed E-state index contributed by atoms with van der Waals surface area (Å²) in [5, 5.41) is 0.831. The van der Waals surface area contributed by atoms with E-state index < -0.39 is 11.9 Å². The van der Waals surface area contributed by atoms with Crippen molar-refractivity contribution in [2.45, 2.75) is 32.3 Å². The Hall–Kier alpha value is -3.29. The molecule has 0 saturated carbocycles. The lowest BCUT2D eigenvalue weighted by atomic mass is 10.0. The number of likely N-dealkylation sites (tertiary alicyclic amines) is 1. The van der Waals surface area contributed by atoms with E-state index in [2.05, 4.69) is 4.98 Å². The number of hydrogen-bond acceptors (Lipinski definition) is 5. The molecule has 0 radical (unpaired) electrons. The number of nitrogens with two attached hydrogens (primary N) is 1. The number of carbonyl (C=O) groups excluding carboxylic acids is 1. The zero-order valence-electron chi connectivity index (χ0n) is 19.6. The van der Waals surface area contributed by atoms with Gasteiger partial charge in [-0.2, -0.15) is 0 Å². The summed E-state index contributed by atoms with van der Waals surface area (Å²) in [6.07, 6.45) is 5.72. The number of fused-ring (bicyclic) bond motifs is 1. The molecule has 3 heterocycles. The van der Waals surface area contributed by atoms with E-state index in [9.17, 15) is 9.18 Å². The van der Waals surface area contributed by atoms with Crippen LogP contribution in [-0.2, 0) is 0 Å².